The number of piperazine rings is 1. The van der Waals surface area contributed by atoms with E-state index in [2.05, 4.69) is 73.6 Å². The van der Waals surface area contributed by atoms with E-state index in [1.807, 2.05) is 13.2 Å². The molecule has 2 aromatic rings. The molecule has 6 nitrogen and oxygen atoms in total. The average molecular weight is 401 g/mol. The number of nitrogens with zero attached hydrogens (tertiary/aromatic N) is 5. The lowest BCUT2D eigenvalue weighted by molar-refractivity contribution is 0.270. The lowest BCUT2D eigenvalue weighted by Gasteiger charge is -2.34. The number of rotatable bonds is 7. The third kappa shape index (κ3) is 5.69. The highest BCUT2D eigenvalue weighted by Gasteiger charge is 2.16. The van der Waals surface area contributed by atoms with E-state index in [4.69, 9.17) is 0 Å². The summed E-state index contributed by atoms with van der Waals surface area (Å²) in [5.74, 6) is 1.99. The minimum Gasteiger partial charge on any atom is -0.354 e. The fourth-order valence-electron chi connectivity index (χ4n) is 3.41. The van der Waals surface area contributed by atoms with Crippen molar-refractivity contribution in [2.75, 3.05) is 58.3 Å². The highest BCUT2D eigenvalue weighted by Crippen LogP contribution is 2.14. The molecule has 3 heterocycles. The second-order valence-electron chi connectivity index (χ2n) is 7.10. The number of hydrogen-bond donors (Lipinski definition) is 1. The summed E-state index contributed by atoms with van der Waals surface area (Å²) < 4.78 is 0. The number of anilines is 1. The third-order valence-electron chi connectivity index (χ3n) is 5.25. The predicted octanol–water partition coefficient (Wildman–Crippen LogP) is 2.53. The maximum Gasteiger partial charge on any atom is 0.193 e. The summed E-state index contributed by atoms with van der Waals surface area (Å²) in [7, 11) is 3.92. The first-order valence-electron chi connectivity index (χ1n) is 10.1. The van der Waals surface area contributed by atoms with E-state index >= 15 is 0 Å². The van der Waals surface area contributed by atoms with Gasteiger partial charge in [-0.25, -0.2) is 4.98 Å². The van der Waals surface area contributed by atoms with Gasteiger partial charge in [0.05, 0.1) is 0 Å². The number of aromatic nitrogens is 1. The zero-order valence-corrected chi connectivity index (χ0v) is 18.1. The molecular weight excluding hydrogens is 368 g/mol. The SMILES string of the molecule is CCN1CCN(c2ccc(CNC(=NC)N(C)CCc3cccs3)cn2)CC1. The summed E-state index contributed by atoms with van der Waals surface area (Å²) in [4.78, 5) is 17.5. The third-order valence-corrected chi connectivity index (χ3v) is 6.19. The maximum absolute atomic E-state index is 4.69. The average Bonchev–Trinajstić information content (AvgIpc) is 3.27. The van der Waals surface area contributed by atoms with Gasteiger partial charge in [-0.2, -0.15) is 0 Å². The molecular formula is C21H32N6S. The van der Waals surface area contributed by atoms with Crippen LogP contribution in [-0.4, -0.2) is 74.1 Å². The molecule has 0 spiro atoms. The molecule has 0 amide bonds. The van der Waals surface area contributed by atoms with Gasteiger partial charge in [-0.05, 0) is 36.0 Å². The second kappa shape index (κ2) is 10.4. The van der Waals surface area contributed by atoms with Gasteiger partial charge < -0.3 is 20.0 Å². The molecule has 0 atom stereocenters. The maximum atomic E-state index is 4.69. The summed E-state index contributed by atoms with van der Waals surface area (Å²) in [6.07, 6.45) is 3.02. The zero-order chi connectivity index (χ0) is 19.8. The normalized spacial score (nSPS) is 15.7. The molecule has 1 fully saturated rings. The second-order valence-corrected chi connectivity index (χ2v) is 8.13. The Kier molecular flexibility index (Phi) is 7.68. The molecule has 1 saturated heterocycles. The van der Waals surface area contributed by atoms with Crippen LogP contribution < -0.4 is 10.2 Å². The summed E-state index contributed by atoms with van der Waals surface area (Å²) in [6.45, 7) is 9.39. The van der Waals surface area contributed by atoms with Crippen molar-refractivity contribution in [2.45, 2.75) is 19.9 Å². The number of pyridine rings is 1. The Morgan fingerprint density at radius 2 is 2.07 bits per heavy atom. The van der Waals surface area contributed by atoms with Crippen molar-refractivity contribution in [1.82, 2.24) is 20.1 Å². The van der Waals surface area contributed by atoms with Gasteiger partial charge in [0.2, 0.25) is 0 Å². The van der Waals surface area contributed by atoms with Crippen LogP contribution in [0.5, 0.6) is 0 Å². The van der Waals surface area contributed by atoms with E-state index in [1.165, 1.54) is 10.4 Å². The van der Waals surface area contributed by atoms with Crippen molar-refractivity contribution in [3.8, 4) is 0 Å². The smallest absolute Gasteiger partial charge is 0.193 e. The molecule has 0 aromatic carbocycles. The van der Waals surface area contributed by atoms with E-state index in [0.29, 0.717) is 0 Å². The quantitative estimate of drug-likeness (QED) is 0.572. The van der Waals surface area contributed by atoms with E-state index in [9.17, 15) is 0 Å². The van der Waals surface area contributed by atoms with Crippen molar-refractivity contribution in [3.05, 3.63) is 46.3 Å². The van der Waals surface area contributed by atoms with E-state index < -0.39 is 0 Å². The Morgan fingerprint density at radius 1 is 1.25 bits per heavy atom. The lowest BCUT2D eigenvalue weighted by atomic mass is 10.2. The zero-order valence-electron chi connectivity index (χ0n) is 17.3. The largest absolute Gasteiger partial charge is 0.354 e. The topological polar surface area (TPSA) is 47.0 Å². The molecule has 0 radical (unpaired) electrons. The molecule has 28 heavy (non-hydrogen) atoms. The van der Waals surface area contributed by atoms with Crippen LogP contribution >= 0.6 is 11.3 Å². The van der Waals surface area contributed by atoms with Gasteiger partial charge in [0.25, 0.3) is 0 Å². The first-order valence-corrected chi connectivity index (χ1v) is 10.9. The van der Waals surface area contributed by atoms with Gasteiger partial charge in [-0.1, -0.05) is 19.1 Å². The van der Waals surface area contributed by atoms with Crippen molar-refractivity contribution in [2.24, 2.45) is 4.99 Å². The highest BCUT2D eigenvalue weighted by molar-refractivity contribution is 7.09. The van der Waals surface area contributed by atoms with Crippen molar-refractivity contribution in [1.29, 1.82) is 0 Å². The molecule has 3 rings (SSSR count). The van der Waals surface area contributed by atoms with Crippen LogP contribution in [-0.2, 0) is 13.0 Å². The summed E-state index contributed by atoms with van der Waals surface area (Å²) >= 11 is 1.81. The molecule has 0 unspecified atom stereocenters. The summed E-state index contributed by atoms with van der Waals surface area (Å²) in [5.41, 5.74) is 1.17. The van der Waals surface area contributed by atoms with Crippen LogP contribution in [0.4, 0.5) is 5.82 Å². The standard InChI is InChI=1S/C21H32N6S/c1-4-26-11-13-27(14-12-26)20-8-7-18(16-23-20)17-24-21(22-2)25(3)10-9-19-6-5-15-28-19/h5-8,15-16H,4,9-14,17H2,1-3H3,(H,22,24). The van der Waals surface area contributed by atoms with Crippen LogP contribution in [0.1, 0.15) is 17.4 Å². The number of likely N-dealkylation sites (N-methyl/N-ethyl adjacent to an activating group) is 2. The molecule has 1 aliphatic rings. The van der Waals surface area contributed by atoms with Gasteiger partial charge in [0.15, 0.2) is 5.96 Å². The van der Waals surface area contributed by atoms with Gasteiger partial charge in [0, 0.05) is 64.4 Å². The van der Waals surface area contributed by atoms with Crippen LogP contribution in [0.15, 0.2) is 40.8 Å². The van der Waals surface area contributed by atoms with E-state index in [-0.39, 0.29) is 0 Å². The molecule has 7 heteroatoms. The number of thiophene rings is 1. The van der Waals surface area contributed by atoms with Crippen molar-refractivity contribution in [3.63, 3.8) is 0 Å². The van der Waals surface area contributed by atoms with Crippen LogP contribution in [0.3, 0.4) is 0 Å². The Balaban J connectivity index is 1.46. The van der Waals surface area contributed by atoms with E-state index in [0.717, 1.165) is 64.0 Å². The number of aliphatic imine (C=N–C) groups is 1. The predicted molar refractivity (Wildman–Crippen MR) is 119 cm³/mol. The van der Waals surface area contributed by atoms with Crippen LogP contribution in [0, 0.1) is 0 Å². The fourth-order valence-corrected chi connectivity index (χ4v) is 4.10. The van der Waals surface area contributed by atoms with Crippen molar-refractivity contribution < 1.29 is 0 Å². The summed E-state index contributed by atoms with van der Waals surface area (Å²) in [6, 6.07) is 8.60. The molecule has 1 N–H and O–H groups in total. The fraction of sp³-hybridized carbons (Fsp3) is 0.524. The first kappa shape index (κ1) is 20.6. The summed E-state index contributed by atoms with van der Waals surface area (Å²) in [5, 5.41) is 5.57. The monoisotopic (exact) mass is 400 g/mol. The Labute approximate surface area is 172 Å². The lowest BCUT2D eigenvalue weighted by Crippen LogP contribution is -2.46. The van der Waals surface area contributed by atoms with Gasteiger partial charge in [-0.3, -0.25) is 4.99 Å². The van der Waals surface area contributed by atoms with Crippen LogP contribution in [0.25, 0.3) is 0 Å². The molecule has 1 aliphatic heterocycles. The number of guanidine groups is 1. The van der Waals surface area contributed by atoms with E-state index in [1.54, 1.807) is 11.3 Å². The molecule has 0 saturated carbocycles. The number of nitrogens with one attached hydrogen (secondary N) is 1. The van der Waals surface area contributed by atoms with Gasteiger partial charge >= 0.3 is 0 Å². The van der Waals surface area contributed by atoms with Gasteiger partial charge in [-0.15, -0.1) is 11.3 Å². The minimum atomic E-state index is 0.729. The Bertz CT molecular complexity index is 720. The molecule has 0 bridgehead atoms. The Morgan fingerprint density at radius 3 is 2.68 bits per heavy atom. The van der Waals surface area contributed by atoms with Crippen LogP contribution in [0.2, 0.25) is 0 Å². The molecule has 0 aliphatic carbocycles. The molecule has 2 aromatic heterocycles. The first-order chi connectivity index (χ1) is 13.7. The minimum absolute atomic E-state index is 0.729. The highest BCUT2D eigenvalue weighted by atomic mass is 32.1. The van der Waals surface area contributed by atoms with Crippen molar-refractivity contribution >= 4 is 23.1 Å². The molecule has 152 valence electrons. The number of hydrogen-bond acceptors (Lipinski definition) is 5. The Hall–Kier alpha value is -2.12. The van der Waals surface area contributed by atoms with Gasteiger partial charge in [0.1, 0.15) is 5.82 Å².